The summed E-state index contributed by atoms with van der Waals surface area (Å²) in [5.41, 5.74) is 7.12. The monoisotopic (exact) mass is 244 g/mol. The van der Waals surface area contributed by atoms with Gasteiger partial charge < -0.3 is 10.6 Å². The molecule has 1 fully saturated rings. The van der Waals surface area contributed by atoms with Crippen molar-refractivity contribution in [2.24, 2.45) is 5.73 Å². The maximum absolute atomic E-state index is 12.3. The van der Waals surface area contributed by atoms with E-state index in [1.165, 1.54) is 0 Å². The number of carbonyl (C=O) groups is 1. The first kappa shape index (κ1) is 12.8. The molecule has 1 aliphatic carbocycles. The largest absolute Gasteiger partial charge is 0.335 e. The van der Waals surface area contributed by atoms with Crippen molar-refractivity contribution in [2.75, 3.05) is 6.54 Å². The molecular weight excluding hydrogens is 224 g/mol. The van der Waals surface area contributed by atoms with Crippen molar-refractivity contribution >= 4 is 5.91 Å². The van der Waals surface area contributed by atoms with Gasteiger partial charge >= 0.3 is 0 Å². The van der Waals surface area contributed by atoms with Gasteiger partial charge in [-0.1, -0.05) is 36.4 Å². The van der Waals surface area contributed by atoms with Crippen LogP contribution in [0.2, 0.25) is 0 Å². The van der Waals surface area contributed by atoms with Crippen LogP contribution in [0.1, 0.15) is 18.4 Å². The van der Waals surface area contributed by atoms with Crippen molar-refractivity contribution < 1.29 is 4.79 Å². The molecule has 96 valence electrons. The predicted octanol–water partition coefficient (Wildman–Crippen LogP) is 1.73. The van der Waals surface area contributed by atoms with E-state index in [0.717, 1.165) is 18.4 Å². The van der Waals surface area contributed by atoms with Crippen LogP contribution in [-0.4, -0.2) is 29.4 Å². The normalized spacial score (nSPS) is 16.1. The van der Waals surface area contributed by atoms with E-state index in [-0.39, 0.29) is 5.91 Å². The average Bonchev–Trinajstić information content (AvgIpc) is 3.20. The SMILES string of the molecule is C=CCN(C(=O)[C@H](N)Cc1ccccc1)C1CC1. The molecule has 2 N–H and O–H groups in total. The first-order valence-electron chi connectivity index (χ1n) is 6.43. The van der Waals surface area contributed by atoms with Crippen LogP contribution in [-0.2, 0) is 11.2 Å². The lowest BCUT2D eigenvalue weighted by Crippen LogP contribution is -2.46. The predicted molar refractivity (Wildman–Crippen MR) is 73.1 cm³/mol. The molecule has 18 heavy (non-hydrogen) atoms. The molecule has 2 rings (SSSR count). The molecule has 1 saturated carbocycles. The Morgan fingerprint density at radius 1 is 1.44 bits per heavy atom. The molecule has 0 spiro atoms. The summed E-state index contributed by atoms with van der Waals surface area (Å²) in [5.74, 6) is 0.0428. The van der Waals surface area contributed by atoms with Gasteiger partial charge in [0.1, 0.15) is 0 Å². The third kappa shape index (κ3) is 3.20. The van der Waals surface area contributed by atoms with E-state index in [9.17, 15) is 4.79 Å². The Morgan fingerprint density at radius 2 is 2.11 bits per heavy atom. The van der Waals surface area contributed by atoms with E-state index in [0.29, 0.717) is 19.0 Å². The fourth-order valence-corrected chi connectivity index (χ4v) is 2.11. The molecule has 0 unspecified atom stereocenters. The zero-order chi connectivity index (χ0) is 13.0. The molecule has 0 saturated heterocycles. The molecule has 0 radical (unpaired) electrons. The summed E-state index contributed by atoms with van der Waals surface area (Å²) >= 11 is 0. The number of rotatable bonds is 6. The van der Waals surface area contributed by atoms with Gasteiger partial charge in [-0.2, -0.15) is 0 Å². The lowest BCUT2D eigenvalue weighted by Gasteiger charge is -2.24. The highest BCUT2D eigenvalue weighted by Gasteiger charge is 2.33. The van der Waals surface area contributed by atoms with Crippen LogP contribution >= 0.6 is 0 Å². The number of hydrogen-bond acceptors (Lipinski definition) is 2. The van der Waals surface area contributed by atoms with Crippen molar-refractivity contribution in [3.05, 3.63) is 48.6 Å². The van der Waals surface area contributed by atoms with Crippen molar-refractivity contribution in [3.8, 4) is 0 Å². The summed E-state index contributed by atoms with van der Waals surface area (Å²) in [6.45, 7) is 4.30. The minimum Gasteiger partial charge on any atom is -0.335 e. The second-order valence-corrected chi connectivity index (χ2v) is 4.81. The lowest BCUT2D eigenvalue weighted by molar-refractivity contribution is -0.132. The summed E-state index contributed by atoms with van der Waals surface area (Å²) in [6, 6.07) is 9.84. The fraction of sp³-hybridized carbons (Fsp3) is 0.400. The maximum Gasteiger partial charge on any atom is 0.240 e. The molecule has 1 amide bonds. The fourth-order valence-electron chi connectivity index (χ4n) is 2.11. The standard InChI is InChI=1S/C15H20N2O/c1-2-10-17(13-8-9-13)15(18)14(16)11-12-6-4-3-5-7-12/h2-7,13-14H,1,8-11,16H2/t14-/m1/s1. The van der Waals surface area contributed by atoms with Gasteiger partial charge in [0.25, 0.3) is 0 Å². The van der Waals surface area contributed by atoms with Gasteiger partial charge in [-0.3, -0.25) is 4.79 Å². The van der Waals surface area contributed by atoms with Gasteiger partial charge in [0.2, 0.25) is 5.91 Å². The maximum atomic E-state index is 12.3. The van der Waals surface area contributed by atoms with Gasteiger partial charge in [0.05, 0.1) is 6.04 Å². The minimum absolute atomic E-state index is 0.0428. The summed E-state index contributed by atoms with van der Waals surface area (Å²) in [5, 5.41) is 0. The second kappa shape index (κ2) is 5.83. The van der Waals surface area contributed by atoms with Crippen LogP contribution in [0.25, 0.3) is 0 Å². The first-order chi connectivity index (χ1) is 8.72. The Bertz CT molecular complexity index is 412. The van der Waals surface area contributed by atoms with Crippen LogP contribution in [0.3, 0.4) is 0 Å². The Kier molecular flexibility index (Phi) is 4.15. The molecule has 0 aliphatic heterocycles. The minimum atomic E-state index is -0.451. The Morgan fingerprint density at radius 3 is 2.67 bits per heavy atom. The molecule has 1 atom stereocenters. The molecule has 3 nitrogen and oxygen atoms in total. The Labute approximate surface area is 108 Å². The third-order valence-corrected chi connectivity index (χ3v) is 3.21. The molecule has 0 aromatic heterocycles. The van der Waals surface area contributed by atoms with Crippen LogP contribution in [0.4, 0.5) is 0 Å². The number of hydrogen-bond donors (Lipinski definition) is 1. The summed E-state index contributed by atoms with van der Waals surface area (Å²) in [4.78, 5) is 14.1. The number of amides is 1. The Hall–Kier alpha value is -1.61. The molecular formula is C15H20N2O. The highest BCUT2D eigenvalue weighted by molar-refractivity contribution is 5.82. The highest BCUT2D eigenvalue weighted by Crippen LogP contribution is 2.27. The molecule has 1 aliphatic rings. The smallest absolute Gasteiger partial charge is 0.240 e. The second-order valence-electron chi connectivity index (χ2n) is 4.81. The number of nitrogens with two attached hydrogens (primary N) is 1. The third-order valence-electron chi connectivity index (χ3n) is 3.21. The van der Waals surface area contributed by atoms with E-state index in [1.807, 2.05) is 35.2 Å². The van der Waals surface area contributed by atoms with E-state index in [1.54, 1.807) is 6.08 Å². The summed E-state index contributed by atoms with van der Waals surface area (Å²) < 4.78 is 0. The zero-order valence-corrected chi connectivity index (χ0v) is 10.6. The van der Waals surface area contributed by atoms with Crippen LogP contribution in [0.15, 0.2) is 43.0 Å². The summed E-state index contributed by atoms with van der Waals surface area (Å²) in [7, 11) is 0. The van der Waals surface area contributed by atoms with Crippen molar-refractivity contribution in [2.45, 2.75) is 31.3 Å². The van der Waals surface area contributed by atoms with Gasteiger partial charge in [0, 0.05) is 12.6 Å². The van der Waals surface area contributed by atoms with Gasteiger partial charge in [0.15, 0.2) is 0 Å². The van der Waals surface area contributed by atoms with E-state index < -0.39 is 6.04 Å². The summed E-state index contributed by atoms with van der Waals surface area (Å²) in [6.07, 6.45) is 4.56. The van der Waals surface area contributed by atoms with Gasteiger partial charge in [-0.05, 0) is 24.8 Å². The van der Waals surface area contributed by atoms with E-state index in [2.05, 4.69) is 6.58 Å². The first-order valence-corrected chi connectivity index (χ1v) is 6.43. The van der Waals surface area contributed by atoms with E-state index >= 15 is 0 Å². The highest BCUT2D eigenvalue weighted by atomic mass is 16.2. The molecule has 1 aromatic carbocycles. The number of benzene rings is 1. The Balaban J connectivity index is 1.96. The quantitative estimate of drug-likeness (QED) is 0.775. The average molecular weight is 244 g/mol. The number of nitrogens with zero attached hydrogens (tertiary/aromatic N) is 1. The van der Waals surface area contributed by atoms with Crippen LogP contribution in [0, 0.1) is 0 Å². The zero-order valence-electron chi connectivity index (χ0n) is 10.6. The van der Waals surface area contributed by atoms with Crippen molar-refractivity contribution in [1.29, 1.82) is 0 Å². The van der Waals surface area contributed by atoms with Gasteiger partial charge in [-0.25, -0.2) is 0 Å². The lowest BCUT2D eigenvalue weighted by atomic mass is 10.1. The van der Waals surface area contributed by atoms with Crippen molar-refractivity contribution in [3.63, 3.8) is 0 Å². The van der Waals surface area contributed by atoms with Crippen LogP contribution in [0.5, 0.6) is 0 Å². The van der Waals surface area contributed by atoms with E-state index in [4.69, 9.17) is 5.73 Å². The molecule has 0 bridgehead atoms. The topological polar surface area (TPSA) is 46.3 Å². The molecule has 1 aromatic rings. The molecule has 3 heteroatoms. The van der Waals surface area contributed by atoms with Crippen molar-refractivity contribution in [1.82, 2.24) is 4.90 Å². The molecule has 0 heterocycles. The van der Waals surface area contributed by atoms with Gasteiger partial charge in [-0.15, -0.1) is 6.58 Å². The number of carbonyl (C=O) groups excluding carboxylic acids is 1. The van der Waals surface area contributed by atoms with Crippen LogP contribution < -0.4 is 5.73 Å².